The third kappa shape index (κ3) is 20.2. The van der Waals surface area contributed by atoms with Gasteiger partial charge in [-0.05, 0) is 31.2 Å². The molecule has 2 unspecified atom stereocenters. The first kappa shape index (κ1) is 37.6. The van der Waals surface area contributed by atoms with Gasteiger partial charge in [-0.3, -0.25) is 4.98 Å². The topological polar surface area (TPSA) is 19.7 Å². The van der Waals surface area contributed by atoms with E-state index in [1.165, 1.54) is 185 Å². The number of imidazole rings is 1. The molecule has 2 heteroatoms. The van der Waals surface area contributed by atoms with Crippen molar-refractivity contribution in [3.8, 4) is 0 Å². The molecule has 2 atom stereocenters. The standard InChI is InChI=1S/C41H72N2/c1-3-5-7-9-11-13-15-16-17-18-19-20-22-24-29-33-40(37-39-31-27-26-28-32-39)41(43-36-35-42-38-43)34-30-25-23-21-14-12-10-8-6-4-2/h26-28,31-32,35-36,38,40-41H,3-25,29-30,33-34,37H2,1-2H3/p+1. The molecule has 0 spiro atoms. The van der Waals surface area contributed by atoms with Crippen LogP contribution in [0.5, 0.6) is 0 Å². The minimum absolute atomic E-state index is 0.604. The van der Waals surface area contributed by atoms with Gasteiger partial charge in [0.05, 0.1) is 0 Å². The molecule has 2 aromatic rings. The molecule has 0 aliphatic carbocycles. The van der Waals surface area contributed by atoms with Crippen LogP contribution >= 0.6 is 0 Å². The Hall–Kier alpha value is -1.57. The fourth-order valence-corrected chi connectivity index (χ4v) is 7.10. The van der Waals surface area contributed by atoms with Gasteiger partial charge in [-0.25, -0.2) is 4.57 Å². The van der Waals surface area contributed by atoms with Gasteiger partial charge in [0.2, 0.25) is 6.33 Å². The zero-order chi connectivity index (χ0) is 30.5. The van der Waals surface area contributed by atoms with E-state index in [0.717, 1.165) is 0 Å². The van der Waals surface area contributed by atoms with Gasteiger partial charge < -0.3 is 0 Å². The van der Waals surface area contributed by atoms with Gasteiger partial charge in [0.1, 0.15) is 18.4 Å². The van der Waals surface area contributed by atoms with E-state index in [9.17, 15) is 0 Å². The highest BCUT2D eigenvalue weighted by molar-refractivity contribution is 5.15. The number of aromatic amines is 1. The van der Waals surface area contributed by atoms with Crippen molar-refractivity contribution in [3.63, 3.8) is 0 Å². The zero-order valence-electron chi connectivity index (χ0n) is 29.0. The summed E-state index contributed by atoms with van der Waals surface area (Å²) in [6, 6.07) is 11.9. The van der Waals surface area contributed by atoms with Crippen molar-refractivity contribution in [2.75, 3.05) is 0 Å². The molecule has 1 aromatic heterocycles. The normalized spacial score (nSPS) is 13.0. The largest absolute Gasteiger partial charge is 0.250 e. The Labute approximate surface area is 269 Å². The summed E-state index contributed by atoms with van der Waals surface area (Å²) >= 11 is 0. The van der Waals surface area contributed by atoms with Crippen LogP contribution in [-0.4, -0.2) is 4.98 Å². The summed E-state index contributed by atoms with van der Waals surface area (Å²) in [6.07, 6.45) is 46.2. The van der Waals surface area contributed by atoms with Crippen LogP contribution in [0.25, 0.3) is 0 Å². The summed E-state index contributed by atoms with van der Waals surface area (Å²) in [4.78, 5) is 3.35. The molecule has 43 heavy (non-hydrogen) atoms. The number of benzene rings is 1. The lowest BCUT2D eigenvalue weighted by Gasteiger charge is -2.25. The third-order valence-electron chi connectivity index (χ3n) is 9.87. The molecule has 0 radical (unpaired) electrons. The third-order valence-corrected chi connectivity index (χ3v) is 9.87. The van der Waals surface area contributed by atoms with Gasteiger partial charge in [0, 0.05) is 5.92 Å². The van der Waals surface area contributed by atoms with Crippen LogP contribution < -0.4 is 4.57 Å². The summed E-state index contributed by atoms with van der Waals surface area (Å²) in [6.45, 7) is 4.62. The summed E-state index contributed by atoms with van der Waals surface area (Å²) in [5.41, 5.74) is 1.51. The first-order valence-electron chi connectivity index (χ1n) is 19.4. The number of nitrogens with zero attached hydrogens (tertiary/aromatic N) is 1. The number of nitrogens with one attached hydrogen (secondary N) is 1. The average Bonchev–Trinajstić information content (AvgIpc) is 3.57. The summed E-state index contributed by atoms with van der Waals surface area (Å²) in [5, 5.41) is 0. The molecule has 1 heterocycles. The Bertz CT molecular complexity index is 798. The van der Waals surface area contributed by atoms with Gasteiger partial charge in [-0.1, -0.05) is 198 Å². The van der Waals surface area contributed by atoms with Crippen molar-refractivity contribution in [2.24, 2.45) is 5.92 Å². The van der Waals surface area contributed by atoms with E-state index in [4.69, 9.17) is 0 Å². The summed E-state index contributed by atoms with van der Waals surface area (Å²) < 4.78 is 2.51. The number of hydrogen-bond acceptors (Lipinski definition) is 0. The molecule has 0 saturated carbocycles. The van der Waals surface area contributed by atoms with Gasteiger partial charge in [0.25, 0.3) is 0 Å². The molecule has 246 valence electrons. The predicted octanol–water partition coefficient (Wildman–Crippen LogP) is 13.3. The fraction of sp³-hybridized carbons (Fsp3) is 0.780. The van der Waals surface area contributed by atoms with Crippen molar-refractivity contribution in [1.29, 1.82) is 0 Å². The van der Waals surface area contributed by atoms with E-state index < -0.39 is 0 Å². The van der Waals surface area contributed by atoms with Crippen LogP contribution in [0.15, 0.2) is 49.1 Å². The Kier molecular flexibility index (Phi) is 24.4. The zero-order valence-corrected chi connectivity index (χ0v) is 29.0. The highest BCUT2D eigenvalue weighted by atomic mass is 15.1. The van der Waals surface area contributed by atoms with Crippen LogP contribution in [0.2, 0.25) is 0 Å². The molecule has 1 aromatic carbocycles. The second-order valence-electron chi connectivity index (χ2n) is 13.8. The Balaban J connectivity index is 1.68. The molecule has 0 amide bonds. The Morgan fingerprint density at radius 2 is 0.930 bits per heavy atom. The van der Waals surface area contributed by atoms with Crippen LogP contribution in [-0.2, 0) is 6.42 Å². The highest BCUT2D eigenvalue weighted by Crippen LogP contribution is 2.29. The fourth-order valence-electron chi connectivity index (χ4n) is 7.10. The molecular weight excluding hydrogens is 520 g/mol. The molecule has 0 bridgehead atoms. The molecule has 0 aliphatic rings. The van der Waals surface area contributed by atoms with Crippen LogP contribution in [0.3, 0.4) is 0 Å². The SMILES string of the molecule is CCCCCCCCCCCCCCCCCC(Cc1ccccc1)C(CCCCCCCCCCCC)[n+]1cc[nH]c1. The smallest absolute Gasteiger partial charge is 0.241 e. The molecular formula is C41H73N2+. The Morgan fingerprint density at radius 1 is 0.512 bits per heavy atom. The maximum Gasteiger partial charge on any atom is 0.241 e. The monoisotopic (exact) mass is 594 g/mol. The number of aromatic nitrogens is 2. The Morgan fingerprint density at radius 3 is 1.35 bits per heavy atom. The van der Waals surface area contributed by atoms with Crippen molar-refractivity contribution in [3.05, 3.63) is 54.6 Å². The van der Waals surface area contributed by atoms with Gasteiger partial charge >= 0.3 is 0 Å². The first-order valence-corrected chi connectivity index (χ1v) is 19.4. The lowest BCUT2D eigenvalue weighted by molar-refractivity contribution is -0.730. The van der Waals surface area contributed by atoms with E-state index in [1.807, 2.05) is 0 Å². The van der Waals surface area contributed by atoms with Gasteiger partial charge in [-0.2, -0.15) is 0 Å². The lowest BCUT2D eigenvalue weighted by atomic mass is 9.84. The summed E-state index contributed by atoms with van der Waals surface area (Å²) in [5.74, 6) is 0.712. The van der Waals surface area contributed by atoms with E-state index in [2.05, 4.69) is 72.5 Å². The van der Waals surface area contributed by atoms with Crippen molar-refractivity contribution < 1.29 is 4.57 Å². The van der Waals surface area contributed by atoms with E-state index in [1.54, 1.807) is 0 Å². The predicted molar refractivity (Wildman–Crippen MR) is 190 cm³/mol. The molecule has 0 aliphatic heterocycles. The minimum Gasteiger partial charge on any atom is -0.250 e. The molecule has 0 saturated heterocycles. The first-order chi connectivity index (χ1) is 21.3. The summed E-state index contributed by atoms with van der Waals surface area (Å²) in [7, 11) is 0. The van der Waals surface area contributed by atoms with Gasteiger partial charge in [-0.15, -0.1) is 0 Å². The van der Waals surface area contributed by atoms with E-state index >= 15 is 0 Å². The van der Waals surface area contributed by atoms with Crippen LogP contribution in [0.4, 0.5) is 0 Å². The maximum absolute atomic E-state index is 3.35. The van der Waals surface area contributed by atoms with Crippen LogP contribution in [0, 0.1) is 5.92 Å². The molecule has 2 nitrogen and oxygen atoms in total. The average molecular weight is 594 g/mol. The quantitative estimate of drug-likeness (QED) is 0.0662. The highest BCUT2D eigenvalue weighted by Gasteiger charge is 2.26. The van der Waals surface area contributed by atoms with Crippen LogP contribution in [0.1, 0.15) is 199 Å². The second-order valence-corrected chi connectivity index (χ2v) is 13.8. The molecule has 1 N–H and O–H groups in total. The number of hydrogen-bond donors (Lipinski definition) is 1. The van der Waals surface area contributed by atoms with Crippen molar-refractivity contribution >= 4 is 0 Å². The van der Waals surface area contributed by atoms with Crippen molar-refractivity contribution in [1.82, 2.24) is 4.98 Å². The molecule has 0 fully saturated rings. The molecule has 2 rings (SSSR count). The van der Waals surface area contributed by atoms with E-state index in [0.29, 0.717) is 12.0 Å². The number of unbranched alkanes of at least 4 members (excludes halogenated alkanes) is 23. The minimum atomic E-state index is 0.604. The lowest BCUT2D eigenvalue weighted by Crippen LogP contribution is -2.42. The maximum atomic E-state index is 3.35. The van der Waals surface area contributed by atoms with Crippen molar-refractivity contribution in [2.45, 2.75) is 200 Å². The van der Waals surface area contributed by atoms with E-state index in [-0.39, 0.29) is 0 Å². The number of H-pyrrole nitrogens is 1. The second kappa shape index (κ2) is 27.9. The van der Waals surface area contributed by atoms with Gasteiger partial charge in [0.15, 0.2) is 0 Å². The number of rotatable bonds is 31.